The lowest BCUT2D eigenvalue weighted by atomic mass is 9.93. The van der Waals surface area contributed by atoms with Crippen molar-refractivity contribution in [3.05, 3.63) is 119 Å². The van der Waals surface area contributed by atoms with Gasteiger partial charge in [0.15, 0.2) is 0 Å². The molecule has 242 valence electrons. The van der Waals surface area contributed by atoms with Gasteiger partial charge in [-0.3, -0.25) is 4.79 Å². The van der Waals surface area contributed by atoms with Crippen LogP contribution in [0.5, 0.6) is 5.75 Å². The molecule has 0 bridgehead atoms. The number of carbonyl (C=O) groups excluding carboxylic acids is 1. The molecule has 8 nitrogen and oxygen atoms in total. The molecule has 1 fully saturated rings. The molecule has 11 heteroatoms. The first-order valence-corrected chi connectivity index (χ1v) is 17.3. The number of imidazole rings is 1. The Balaban J connectivity index is 1.28. The second kappa shape index (κ2) is 13.1. The lowest BCUT2D eigenvalue weighted by molar-refractivity contribution is -0.117. The fraction of sp³-hybridized carbons (Fsp3) is 0.222. The van der Waals surface area contributed by atoms with Crippen LogP contribution in [-0.4, -0.2) is 37.0 Å². The monoisotopic (exact) mass is 688 g/mol. The minimum absolute atomic E-state index is 0.212. The van der Waals surface area contributed by atoms with E-state index in [0.717, 1.165) is 50.2 Å². The molecule has 1 amide bonds. The normalized spacial score (nSPS) is 14.3. The van der Waals surface area contributed by atoms with Crippen LogP contribution < -0.4 is 13.8 Å². The number of benzene rings is 4. The Kier molecular flexibility index (Phi) is 9.07. The molecule has 0 spiro atoms. The first kappa shape index (κ1) is 32.6. The van der Waals surface area contributed by atoms with Crippen LogP contribution in [0.25, 0.3) is 28.1 Å². The zero-order valence-electron chi connectivity index (χ0n) is 26.2. The van der Waals surface area contributed by atoms with Crippen LogP contribution in [0.4, 0.5) is 5.69 Å². The van der Waals surface area contributed by atoms with Gasteiger partial charge in [0.05, 0.1) is 23.0 Å². The van der Waals surface area contributed by atoms with E-state index in [1.54, 1.807) is 36.4 Å². The summed E-state index contributed by atoms with van der Waals surface area (Å²) in [5.74, 6) is 1.03. The van der Waals surface area contributed by atoms with Crippen LogP contribution in [0.2, 0.25) is 10.0 Å². The summed E-state index contributed by atoms with van der Waals surface area (Å²) in [6, 6.07) is 28.7. The second-order valence-corrected chi connectivity index (χ2v) is 15.1. The number of hydrogen-bond acceptors (Lipinski definition) is 5. The topological polar surface area (TPSA) is 93.5 Å². The molecule has 0 saturated carbocycles. The van der Waals surface area contributed by atoms with Gasteiger partial charge in [-0.1, -0.05) is 80.4 Å². The Morgan fingerprint density at radius 1 is 0.894 bits per heavy atom. The molecule has 0 radical (unpaired) electrons. The highest BCUT2D eigenvalue weighted by molar-refractivity contribution is 7.92. The Bertz CT molecular complexity index is 2040. The van der Waals surface area contributed by atoms with E-state index in [4.69, 9.17) is 32.9 Å². The van der Waals surface area contributed by atoms with Gasteiger partial charge in [-0.25, -0.2) is 14.0 Å². The quantitative estimate of drug-likeness (QED) is 0.169. The summed E-state index contributed by atoms with van der Waals surface area (Å²) in [7, 11) is -3.91. The highest BCUT2D eigenvalue weighted by atomic mass is 35.5. The third-order valence-electron chi connectivity index (χ3n) is 7.83. The van der Waals surface area contributed by atoms with Crippen molar-refractivity contribution in [2.75, 3.05) is 17.5 Å². The van der Waals surface area contributed by atoms with E-state index >= 15 is 0 Å². The van der Waals surface area contributed by atoms with Crippen molar-refractivity contribution in [3.63, 3.8) is 0 Å². The van der Waals surface area contributed by atoms with Gasteiger partial charge >= 0.3 is 10.2 Å². The van der Waals surface area contributed by atoms with Crippen molar-refractivity contribution in [2.24, 2.45) is 5.41 Å². The highest BCUT2D eigenvalue weighted by Crippen LogP contribution is 2.32. The molecule has 1 aromatic heterocycles. The van der Waals surface area contributed by atoms with Crippen LogP contribution in [0.15, 0.2) is 97.2 Å². The van der Waals surface area contributed by atoms with E-state index in [9.17, 15) is 13.2 Å². The minimum Gasteiger partial charge on any atom is -0.494 e. The first-order chi connectivity index (χ1) is 22.3. The Morgan fingerprint density at radius 2 is 1.62 bits per heavy atom. The summed E-state index contributed by atoms with van der Waals surface area (Å²) < 4.78 is 35.7. The van der Waals surface area contributed by atoms with Gasteiger partial charge in [0, 0.05) is 28.9 Å². The molecule has 1 saturated heterocycles. The van der Waals surface area contributed by atoms with Crippen molar-refractivity contribution < 1.29 is 17.9 Å². The minimum atomic E-state index is -3.91. The molecule has 2 heterocycles. The van der Waals surface area contributed by atoms with Gasteiger partial charge < -0.3 is 9.30 Å². The fourth-order valence-electron chi connectivity index (χ4n) is 5.29. The maximum Gasteiger partial charge on any atom is 0.326 e. The summed E-state index contributed by atoms with van der Waals surface area (Å²) in [6.07, 6.45) is 3.38. The molecular formula is C36H34Cl2N4O4S. The van der Waals surface area contributed by atoms with Crippen LogP contribution in [0.3, 0.4) is 0 Å². The van der Waals surface area contributed by atoms with Gasteiger partial charge in [0.25, 0.3) is 5.91 Å². The summed E-state index contributed by atoms with van der Waals surface area (Å²) in [6.45, 7) is 7.02. The van der Waals surface area contributed by atoms with E-state index in [2.05, 4.69) is 57.2 Å². The number of anilines is 1. The van der Waals surface area contributed by atoms with Crippen molar-refractivity contribution in [1.82, 2.24) is 14.3 Å². The molecule has 5 aromatic rings. The predicted molar refractivity (Wildman–Crippen MR) is 188 cm³/mol. The molecular weight excluding hydrogens is 655 g/mol. The zero-order valence-corrected chi connectivity index (χ0v) is 28.5. The van der Waals surface area contributed by atoms with Crippen molar-refractivity contribution in [1.29, 1.82) is 0 Å². The molecule has 0 atom stereocenters. The fourth-order valence-corrected chi connectivity index (χ4v) is 6.94. The number of nitrogens with one attached hydrogen (secondary N) is 1. The van der Waals surface area contributed by atoms with Crippen molar-refractivity contribution in [3.8, 4) is 33.8 Å². The number of rotatable bonds is 9. The van der Waals surface area contributed by atoms with Crippen LogP contribution in [0.1, 0.15) is 38.6 Å². The van der Waals surface area contributed by atoms with Gasteiger partial charge in [-0.2, -0.15) is 8.42 Å². The maximum atomic E-state index is 12.4. The van der Waals surface area contributed by atoms with Crippen LogP contribution >= 0.6 is 23.2 Å². The van der Waals surface area contributed by atoms with Gasteiger partial charge in [0.2, 0.25) is 0 Å². The third-order valence-corrected chi connectivity index (χ3v) is 9.78. The number of nitrogens with zero attached hydrogens (tertiary/aromatic N) is 3. The molecule has 0 aliphatic carbocycles. The SMILES string of the molecule is CC(C)(C)CCOc1cccc(-c2ccc(Cc3nc(-c4ccc(Cl)cc4Cl)cn3-c3ccc(N4CC(=O)NS4(=O)=O)cc3)cc2)c1. The number of amides is 1. The molecule has 1 N–H and O–H groups in total. The van der Waals surface area contributed by atoms with Crippen molar-refractivity contribution in [2.45, 2.75) is 33.6 Å². The van der Waals surface area contributed by atoms with Gasteiger partial charge in [-0.05, 0) is 83.1 Å². The highest BCUT2D eigenvalue weighted by Gasteiger charge is 2.34. The second-order valence-electron chi connectivity index (χ2n) is 12.7. The van der Waals surface area contributed by atoms with Crippen molar-refractivity contribution >= 4 is 45.0 Å². The zero-order chi connectivity index (χ0) is 33.3. The molecule has 1 aliphatic heterocycles. The first-order valence-electron chi connectivity index (χ1n) is 15.1. The smallest absolute Gasteiger partial charge is 0.326 e. The Morgan fingerprint density at radius 3 is 2.28 bits per heavy atom. The number of halogens is 2. The lowest BCUT2D eigenvalue weighted by Crippen LogP contribution is -2.29. The van der Waals surface area contributed by atoms with E-state index in [1.165, 1.54) is 0 Å². The lowest BCUT2D eigenvalue weighted by Gasteiger charge is -2.18. The number of hydrogen-bond donors (Lipinski definition) is 1. The van der Waals surface area contributed by atoms with Gasteiger partial charge in [0.1, 0.15) is 18.1 Å². The maximum absolute atomic E-state index is 12.4. The number of carbonyl (C=O) groups is 1. The molecule has 47 heavy (non-hydrogen) atoms. The number of ether oxygens (including phenoxy) is 1. The average Bonchev–Trinajstić information content (AvgIpc) is 3.55. The largest absolute Gasteiger partial charge is 0.494 e. The average molecular weight is 690 g/mol. The van der Waals surface area contributed by atoms with E-state index in [1.807, 2.05) is 33.7 Å². The summed E-state index contributed by atoms with van der Waals surface area (Å²) >= 11 is 12.7. The van der Waals surface area contributed by atoms with Crippen LogP contribution in [0, 0.1) is 5.41 Å². The van der Waals surface area contributed by atoms with Crippen LogP contribution in [-0.2, 0) is 21.4 Å². The predicted octanol–water partition coefficient (Wildman–Crippen LogP) is 8.10. The molecule has 6 rings (SSSR count). The summed E-state index contributed by atoms with van der Waals surface area (Å²) in [4.78, 5) is 16.7. The Hall–Kier alpha value is -4.31. The summed E-state index contributed by atoms with van der Waals surface area (Å²) in [5, 5.41) is 1.01. The van der Waals surface area contributed by atoms with E-state index in [-0.39, 0.29) is 12.0 Å². The van der Waals surface area contributed by atoms with E-state index < -0.39 is 16.1 Å². The number of aromatic nitrogens is 2. The molecule has 0 unspecified atom stereocenters. The van der Waals surface area contributed by atoms with Gasteiger partial charge in [-0.15, -0.1) is 0 Å². The standard InChI is InChI=1S/C36H34Cl2N4O4S/c1-36(2,3)17-18-46-30-6-4-5-26(20-30)25-9-7-24(8-10-25)19-34-39-33(31-16-11-27(37)21-32(31)38)22-41(34)28-12-14-29(15-13-28)42-23-35(43)40-47(42,44)45/h4-16,20-22H,17-19,23H2,1-3H3,(H,40,43). The molecule has 1 aliphatic rings. The van der Waals surface area contributed by atoms with E-state index in [0.29, 0.717) is 34.5 Å². The third kappa shape index (κ3) is 7.64. The summed E-state index contributed by atoms with van der Waals surface area (Å²) in [5.41, 5.74) is 5.97. The molecule has 4 aromatic carbocycles. The Labute approximate surface area is 285 Å².